The van der Waals surface area contributed by atoms with Crippen LogP contribution in [0.4, 0.5) is 4.39 Å². The van der Waals surface area contributed by atoms with Crippen molar-refractivity contribution in [3.8, 4) is 10.6 Å². The SMILES string of the molecule is Fc1ccc(CCNCc2ncc(-c3ccco3)s2)cc1. The molecule has 0 radical (unpaired) electrons. The van der Waals surface area contributed by atoms with Crippen molar-refractivity contribution in [3.63, 3.8) is 0 Å². The Morgan fingerprint density at radius 2 is 2.05 bits per heavy atom. The Morgan fingerprint density at radius 1 is 1.19 bits per heavy atom. The zero-order valence-corrected chi connectivity index (χ0v) is 12.2. The molecule has 0 spiro atoms. The molecule has 108 valence electrons. The maximum Gasteiger partial charge on any atom is 0.145 e. The van der Waals surface area contributed by atoms with Gasteiger partial charge in [0.1, 0.15) is 16.6 Å². The summed E-state index contributed by atoms with van der Waals surface area (Å²) in [5.74, 6) is 0.657. The van der Waals surface area contributed by atoms with Gasteiger partial charge in [-0.25, -0.2) is 9.37 Å². The van der Waals surface area contributed by atoms with Crippen LogP contribution in [0.25, 0.3) is 10.6 Å². The van der Waals surface area contributed by atoms with Crippen LogP contribution in [0.2, 0.25) is 0 Å². The van der Waals surface area contributed by atoms with Crippen LogP contribution in [0, 0.1) is 5.82 Å². The van der Waals surface area contributed by atoms with Gasteiger partial charge in [0, 0.05) is 12.7 Å². The predicted molar refractivity (Wildman–Crippen MR) is 81.6 cm³/mol. The number of nitrogens with zero attached hydrogens (tertiary/aromatic N) is 1. The standard InChI is InChI=1S/C16H15FN2OS/c17-13-5-3-12(4-6-13)7-8-18-11-16-19-10-15(21-16)14-2-1-9-20-14/h1-6,9-10,18H,7-8,11H2. The fourth-order valence-electron chi connectivity index (χ4n) is 2.00. The lowest BCUT2D eigenvalue weighted by molar-refractivity contribution is 0.583. The molecule has 0 saturated heterocycles. The van der Waals surface area contributed by atoms with Gasteiger partial charge in [-0.3, -0.25) is 0 Å². The van der Waals surface area contributed by atoms with E-state index < -0.39 is 0 Å². The zero-order valence-electron chi connectivity index (χ0n) is 11.4. The molecule has 0 atom stereocenters. The highest BCUT2D eigenvalue weighted by Gasteiger charge is 2.06. The second-order valence-electron chi connectivity index (χ2n) is 4.65. The van der Waals surface area contributed by atoms with E-state index in [1.165, 1.54) is 12.1 Å². The molecule has 2 aromatic heterocycles. The minimum atomic E-state index is -0.194. The van der Waals surface area contributed by atoms with Gasteiger partial charge in [-0.15, -0.1) is 11.3 Å². The highest BCUT2D eigenvalue weighted by Crippen LogP contribution is 2.26. The van der Waals surface area contributed by atoms with E-state index in [1.807, 2.05) is 30.5 Å². The largest absolute Gasteiger partial charge is 0.463 e. The Bertz CT molecular complexity index is 677. The Morgan fingerprint density at radius 3 is 2.81 bits per heavy atom. The first kappa shape index (κ1) is 14.0. The number of aromatic nitrogens is 1. The molecule has 0 aliphatic carbocycles. The van der Waals surface area contributed by atoms with Gasteiger partial charge in [0.2, 0.25) is 0 Å². The first-order valence-corrected chi connectivity index (χ1v) is 7.56. The molecule has 0 amide bonds. The lowest BCUT2D eigenvalue weighted by Crippen LogP contribution is -2.16. The minimum absolute atomic E-state index is 0.194. The number of hydrogen-bond donors (Lipinski definition) is 1. The van der Waals surface area contributed by atoms with Gasteiger partial charge in [-0.2, -0.15) is 0 Å². The molecule has 0 unspecified atom stereocenters. The van der Waals surface area contributed by atoms with E-state index in [1.54, 1.807) is 17.6 Å². The van der Waals surface area contributed by atoms with Crippen molar-refractivity contribution in [2.75, 3.05) is 6.54 Å². The molecule has 1 aromatic carbocycles. The normalized spacial score (nSPS) is 10.9. The van der Waals surface area contributed by atoms with Crippen molar-refractivity contribution in [1.82, 2.24) is 10.3 Å². The third-order valence-electron chi connectivity index (χ3n) is 3.10. The van der Waals surface area contributed by atoms with E-state index in [-0.39, 0.29) is 5.82 Å². The van der Waals surface area contributed by atoms with Crippen LogP contribution in [-0.4, -0.2) is 11.5 Å². The number of thiazole rings is 1. The summed E-state index contributed by atoms with van der Waals surface area (Å²) < 4.78 is 18.1. The topological polar surface area (TPSA) is 38.1 Å². The molecule has 0 aliphatic rings. The van der Waals surface area contributed by atoms with E-state index in [0.29, 0.717) is 0 Å². The molecule has 0 aliphatic heterocycles. The highest BCUT2D eigenvalue weighted by molar-refractivity contribution is 7.15. The van der Waals surface area contributed by atoms with Gasteiger partial charge < -0.3 is 9.73 Å². The summed E-state index contributed by atoms with van der Waals surface area (Å²) >= 11 is 1.62. The average molecular weight is 302 g/mol. The molecule has 2 heterocycles. The molecule has 3 rings (SSSR count). The quantitative estimate of drug-likeness (QED) is 0.702. The fourth-order valence-corrected chi connectivity index (χ4v) is 2.86. The summed E-state index contributed by atoms with van der Waals surface area (Å²) in [5.41, 5.74) is 1.12. The number of halogens is 1. The van der Waals surface area contributed by atoms with Crippen LogP contribution < -0.4 is 5.32 Å². The number of furan rings is 1. The Balaban J connectivity index is 1.46. The monoisotopic (exact) mass is 302 g/mol. The van der Waals surface area contributed by atoms with Gasteiger partial charge in [-0.05, 0) is 42.8 Å². The predicted octanol–water partition coefficient (Wildman–Crippen LogP) is 3.87. The van der Waals surface area contributed by atoms with Crippen LogP contribution >= 0.6 is 11.3 Å². The number of hydrogen-bond acceptors (Lipinski definition) is 4. The van der Waals surface area contributed by atoms with Gasteiger partial charge in [-0.1, -0.05) is 12.1 Å². The van der Waals surface area contributed by atoms with Gasteiger partial charge in [0.25, 0.3) is 0 Å². The lowest BCUT2D eigenvalue weighted by Gasteiger charge is -2.03. The summed E-state index contributed by atoms with van der Waals surface area (Å²) in [7, 11) is 0. The van der Waals surface area contributed by atoms with Crippen LogP contribution in [0.3, 0.4) is 0 Å². The number of benzene rings is 1. The molecule has 3 nitrogen and oxygen atoms in total. The van der Waals surface area contributed by atoms with Crippen molar-refractivity contribution in [3.05, 3.63) is 65.2 Å². The summed E-state index contributed by atoms with van der Waals surface area (Å²) in [4.78, 5) is 5.41. The number of nitrogens with one attached hydrogen (secondary N) is 1. The van der Waals surface area contributed by atoms with Crippen molar-refractivity contribution < 1.29 is 8.81 Å². The Hall–Kier alpha value is -1.98. The van der Waals surface area contributed by atoms with E-state index in [0.717, 1.165) is 40.7 Å². The van der Waals surface area contributed by atoms with E-state index in [9.17, 15) is 4.39 Å². The third-order valence-corrected chi connectivity index (χ3v) is 4.11. The smallest absolute Gasteiger partial charge is 0.145 e. The minimum Gasteiger partial charge on any atom is -0.463 e. The van der Waals surface area contributed by atoms with E-state index >= 15 is 0 Å². The van der Waals surface area contributed by atoms with Crippen LogP contribution in [0.5, 0.6) is 0 Å². The first-order valence-electron chi connectivity index (χ1n) is 6.75. The summed E-state index contributed by atoms with van der Waals surface area (Å²) in [6.45, 7) is 1.56. The van der Waals surface area contributed by atoms with Gasteiger partial charge in [0.05, 0.1) is 11.1 Å². The first-order chi connectivity index (χ1) is 10.3. The zero-order chi connectivity index (χ0) is 14.5. The van der Waals surface area contributed by atoms with Crippen LogP contribution in [0.15, 0.2) is 53.3 Å². The summed E-state index contributed by atoms with van der Waals surface area (Å²) in [6.07, 6.45) is 4.37. The molecule has 21 heavy (non-hydrogen) atoms. The molecule has 5 heteroatoms. The third kappa shape index (κ3) is 3.77. The maximum atomic E-state index is 12.8. The molecular weight excluding hydrogens is 287 g/mol. The van der Waals surface area contributed by atoms with Crippen molar-refractivity contribution in [1.29, 1.82) is 0 Å². The highest BCUT2D eigenvalue weighted by atomic mass is 32.1. The van der Waals surface area contributed by atoms with Gasteiger partial charge in [0.15, 0.2) is 0 Å². The molecule has 0 fully saturated rings. The van der Waals surface area contributed by atoms with E-state index in [4.69, 9.17) is 4.42 Å². The molecule has 1 N–H and O–H groups in total. The van der Waals surface area contributed by atoms with Crippen molar-refractivity contribution in [2.45, 2.75) is 13.0 Å². The van der Waals surface area contributed by atoms with Crippen molar-refractivity contribution in [2.24, 2.45) is 0 Å². The van der Waals surface area contributed by atoms with E-state index in [2.05, 4.69) is 10.3 Å². The second kappa shape index (κ2) is 6.65. The summed E-state index contributed by atoms with van der Waals surface area (Å²) in [5, 5.41) is 4.38. The molecule has 0 bridgehead atoms. The van der Waals surface area contributed by atoms with Gasteiger partial charge >= 0.3 is 0 Å². The number of rotatable bonds is 6. The molecular formula is C16H15FN2OS. The lowest BCUT2D eigenvalue weighted by atomic mass is 10.1. The second-order valence-corrected chi connectivity index (χ2v) is 5.76. The Labute approximate surface area is 126 Å². The van der Waals surface area contributed by atoms with Crippen molar-refractivity contribution >= 4 is 11.3 Å². The average Bonchev–Trinajstić information content (AvgIpc) is 3.16. The van der Waals surface area contributed by atoms with Crippen LogP contribution in [0.1, 0.15) is 10.6 Å². The fraction of sp³-hybridized carbons (Fsp3) is 0.188. The summed E-state index contributed by atoms with van der Waals surface area (Å²) in [6, 6.07) is 10.4. The Kier molecular flexibility index (Phi) is 4.43. The van der Waals surface area contributed by atoms with Crippen LogP contribution in [-0.2, 0) is 13.0 Å². The maximum absolute atomic E-state index is 12.8. The molecule has 3 aromatic rings. The molecule has 0 saturated carbocycles.